The largest absolute Gasteiger partial charge is 0.310 e. The molecule has 126 valence electrons. The van der Waals surface area contributed by atoms with Crippen LogP contribution in [0.1, 0.15) is 12.5 Å². The van der Waals surface area contributed by atoms with E-state index in [0.29, 0.717) is 0 Å². The maximum absolute atomic E-state index is 3.91. The van der Waals surface area contributed by atoms with Gasteiger partial charge in [-0.3, -0.25) is 0 Å². The first kappa shape index (κ1) is 18.3. The topological polar surface area (TPSA) is 3.24 Å². The zero-order valence-corrected chi connectivity index (χ0v) is 15.0. The van der Waals surface area contributed by atoms with E-state index in [9.17, 15) is 0 Å². The molecule has 0 spiro atoms. The van der Waals surface area contributed by atoms with Crippen LogP contribution in [0.3, 0.4) is 0 Å². The molecule has 0 aliphatic heterocycles. The SMILES string of the molecule is C=C/C=C(\C=C/C)C(=C\C=C)/N(c1ccccc1)c1ccc(C)cc1. The Morgan fingerprint density at radius 2 is 1.44 bits per heavy atom. The first-order valence-corrected chi connectivity index (χ1v) is 8.41. The van der Waals surface area contributed by atoms with Crippen LogP contribution in [0.2, 0.25) is 0 Å². The monoisotopic (exact) mass is 327 g/mol. The lowest BCUT2D eigenvalue weighted by molar-refractivity contribution is 1.18. The highest BCUT2D eigenvalue weighted by Gasteiger charge is 2.16. The van der Waals surface area contributed by atoms with Crippen LogP contribution in [0.4, 0.5) is 11.4 Å². The average Bonchev–Trinajstić information content (AvgIpc) is 2.63. The molecule has 0 saturated carbocycles. The number of benzene rings is 2. The van der Waals surface area contributed by atoms with Crippen molar-refractivity contribution in [1.29, 1.82) is 0 Å². The van der Waals surface area contributed by atoms with Crippen molar-refractivity contribution in [2.75, 3.05) is 4.90 Å². The molecule has 0 fully saturated rings. The van der Waals surface area contributed by atoms with Gasteiger partial charge in [0.2, 0.25) is 0 Å². The third-order valence-corrected chi connectivity index (χ3v) is 3.76. The predicted molar refractivity (Wildman–Crippen MR) is 111 cm³/mol. The summed E-state index contributed by atoms with van der Waals surface area (Å²) in [6.07, 6.45) is 11.8. The van der Waals surface area contributed by atoms with E-state index in [1.807, 2.05) is 43.4 Å². The number of aryl methyl sites for hydroxylation is 1. The molecule has 0 bridgehead atoms. The molecule has 0 saturated heterocycles. The fraction of sp³-hybridized carbons (Fsp3) is 0.0833. The highest BCUT2D eigenvalue weighted by Crippen LogP contribution is 2.33. The Morgan fingerprint density at radius 3 is 2.00 bits per heavy atom. The second-order valence-electron chi connectivity index (χ2n) is 5.65. The lowest BCUT2D eigenvalue weighted by Crippen LogP contribution is -2.17. The molecule has 0 amide bonds. The highest BCUT2D eigenvalue weighted by atomic mass is 15.1. The molecule has 0 aliphatic rings. The van der Waals surface area contributed by atoms with Crippen molar-refractivity contribution in [3.63, 3.8) is 0 Å². The normalized spacial score (nSPS) is 12.2. The van der Waals surface area contributed by atoms with Gasteiger partial charge in [-0.1, -0.05) is 79.4 Å². The first-order chi connectivity index (χ1) is 12.2. The number of nitrogens with zero attached hydrogens (tertiary/aromatic N) is 1. The molecule has 0 atom stereocenters. The number of anilines is 2. The summed E-state index contributed by atoms with van der Waals surface area (Å²) in [5.41, 5.74) is 5.55. The van der Waals surface area contributed by atoms with Gasteiger partial charge in [-0.2, -0.15) is 0 Å². The summed E-state index contributed by atoms with van der Waals surface area (Å²) in [6, 6.07) is 18.9. The summed E-state index contributed by atoms with van der Waals surface area (Å²) in [5.74, 6) is 0. The van der Waals surface area contributed by atoms with Crippen LogP contribution in [0, 0.1) is 6.92 Å². The minimum Gasteiger partial charge on any atom is -0.310 e. The molecule has 25 heavy (non-hydrogen) atoms. The Hall–Kier alpha value is -3.06. The van der Waals surface area contributed by atoms with E-state index in [0.717, 1.165) is 22.6 Å². The summed E-state index contributed by atoms with van der Waals surface area (Å²) >= 11 is 0. The Bertz CT molecular complexity index is 790. The second kappa shape index (κ2) is 9.29. The van der Waals surface area contributed by atoms with Crippen LogP contribution in [0.25, 0.3) is 0 Å². The number of rotatable bonds is 7. The number of allylic oxidation sites excluding steroid dienone is 6. The lowest BCUT2D eigenvalue weighted by Gasteiger charge is -2.28. The molecule has 1 nitrogen and oxygen atoms in total. The molecule has 2 aromatic carbocycles. The van der Waals surface area contributed by atoms with E-state index in [-0.39, 0.29) is 0 Å². The molecular weight excluding hydrogens is 302 g/mol. The van der Waals surface area contributed by atoms with Crippen molar-refractivity contribution >= 4 is 11.4 Å². The number of para-hydroxylation sites is 1. The number of hydrogen-bond acceptors (Lipinski definition) is 1. The van der Waals surface area contributed by atoms with Crippen molar-refractivity contribution in [2.45, 2.75) is 13.8 Å². The van der Waals surface area contributed by atoms with Gasteiger partial charge in [0.25, 0.3) is 0 Å². The quantitative estimate of drug-likeness (QED) is 0.500. The minimum atomic E-state index is 1.04. The molecule has 1 heteroatoms. The summed E-state index contributed by atoms with van der Waals surface area (Å²) < 4.78 is 0. The maximum atomic E-state index is 3.91. The molecular formula is C24H25N. The second-order valence-corrected chi connectivity index (χ2v) is 5.65. The van der Waals surface area contributed by atoms with Crippen LogP contribution in [0.5, 0.6) is 0 Å². The Labute approximate surface area is 151 Å². The Kier molecular flexibility index (Phi) is 6.79. The van der Waals surface area contributed by atoms with Crippen LogP contribution in [0.15, 0.2) is 115 Å². The van der Waals surface area contributed by atoms with Gasteiger partial charge in [0, 0.05) is 11.4 Å². The van der Waals surface area contributed by atoms with Crippen molar-refractivity contribution in [1.82, 2.24) is 0 Å². The van der Waals surface area contributed by atoms with E-state index >= 15 is 0 Å². The third kappa shape index (κ3) is 4.71. The van der Waals surface area contributed by atoms with E-state index < -0.39 is 0 Å². The smallest absolute Gasteiger partial charge is 0.0533 e. The Balaban J connectivity index is 2.68. The van der Waals surface area contributed by atoms with E-state index in [1.165, 1.54) is 5.56 Å². The number of hydrogen-bond donors (Lipinski definition) is 0. The van der Waals surface area contributed by atoms with Crippen LogP contribution < -0.4 is 4.90 Å². The van der Waals surface area contributed by atoms with Gasteiger partial charge in [0.05, 0.1) is 5.70 Å². The molecule has 2 aromatic rings. The summed E-state index contributed by atoms with van der Waals surface area (Å²) in [7, 11) is 0. The van der Waals surface area contributed by atoms with Gasteiger partial charge in [0.1, 0.15) is 0 Å². The van der Waals surface area contributed by atoms with Gasteiger partial charge < -0.3 is 4.90 Å². The summed E-state index contributed by atoms with van der Waals surface area (Å²) in [5, 5.41) is 0. The molecule has 0 aliphatic carbocycles. The fourth-order valence-electron chi connectivity index (χ4n) is 2.64. The predicted octanol–water partition coefficient (Wildman–Crippen LogP) is 6.89. The summed E-state index contributed by atoms with van der Waals surface area (Å²) in [4.78, 5) is 2.23. The van der Waals surface area contributed by atoms with Crippen LogP contribution >= 0.6 is 0 Å². The zero-order valence-electron chi connectivity index (χ0n) is 15.0. The molecule has 0 radical (unpaired) electrons. The van der Waals surface area contributed by atoms with Crippen molar-refractivity contribution < 1.29 is 0 Å². The van der Waals surface area contributed by atoms with Crippen LogP contribution in [-0.2, 0) is 0 Å². The van der Waals surface area contributed by atoms with E-state index in [1.54, 1.807) is 0 Å². The van der Waals surface area contributed by atoms with Gasteiger partial charge >= 0.3 is 0 Å². The van der Waals surface area contributed by atoms with Crippen molar-refractivity contribution in [3.8, 4) is 0 Å². The van der Waals surface area contributed by atoms with Gasteiger partial charge in [-0.15, -0.1) is 0 Å². The molecule has 2 rings (SSSR count). The van der Waals surface area contributed by atoms with E-state index in [4.69, 9.17) is 0 Å². The lowest BCUT2D eigenvalue weighted by atomic mass is 10.1. The van der Waals surface area contributed by atoms with Gasteiger partial charge in [-0.25, -0.2) is 0 Å². The van der Waals surface area contributed by atoms with Crippen LogP contribution in [-0.4, -0.2) is 0 Å². The standard InChI is InChI=1S/C24H25N/c1-5-11-21(12-6-2)24(13-7-3)25(22-14-9-8-10-15-22)23-18-16-20(4)17-19-23/h5-19H,1,3H2,2,4H3/b12-6-,21-11+,24-13+. The minimum absolute atomic E-state index is 1.04. The zero-order chi connectivity index (χ0) is 18.1. The Morgan fingerprint density at radius 1 is 0.840 bits per heavy atom. The molecule has 0 aromatic heterocycles. The average molecular weight is 327 g/mol. The first-order valence-electron chi connectivity index (χ1n) is 8.41. The van der Waals surface area contributed by atoms with Gasteiger partial charge in [-0.05, 0) is 49.8 Å². The van der Waals surface area contributed by atoms with E-state index in [2.05, 4.69) is 79.6 Å². The molecule has 0 unspecified atom stereocenters. The highest BCUT2D eigenvalue weighted by molar-refractivity contribution is 5.73. The third-order valence-electron chi connectivity index (χ3n) is 3.76. The van der Waals surface area contributed by atoms with Crippen molar-refractivity contribution in [3.05, 3.63) is 121 Å². The van der Waals surface area contributed by atoms with Crippen molar-refractivity contribution in [2.24, 2.45) is 0 Å². The van der Waals surface area contributed by atoms with Gasteiger partial charge in [0.15, 0.2) is 0 Å². The molecule has 0 N–H and O–H groups in total. The maximum Gasteiger partial charge on any atom is 0.0533 e. The summed E-state index contributed by atoms with van der Waals surface area (Å²) in [6.45, 7) is 11.9. The molecule has 0 heterocycles. The fourth-order valence-corrected chi connectivity index (χ4v) is 2.64.